The summed E-state index contributed by atoms with van der Waals surface area (Å²) in [5, 5.41) is 34.6. The summed E-state index contributed by atoms with van der Waals surface area (Å²) in [6.45, 7) is 0.806. The number of nitrogens with one attached hydrogen (secondary N) is 4. The molecule has 0 aromatic heterocycles. The maximum Gasteiger partial charge on any atom is 0.475 e. The summed E-state index contributed by atoms with van der Waals surface area (Å²) in [5.74, 6) is -1.84. The summed E-state index contributed by atoms with van der Waals surface area (Å²) >= 11 is 0. The highest BCUT2D eigenvalue weighted by molar-refractivity contribution is 6.43. The monoisotopic (exact) mass is 417 g/mol. The van der Waals surface area contributed by atoms with Gasteiger partial charge < -0.3 is 31.7 Å². The van der Waals surface area contributed by atoms with Crippen LogP contribution in [0.4, 0.5) is 0 Å². The Labute approximate surface area is 177 Å². The van der Waals surface area contributed by atoms with E-state index in [0.717, 1.165) is 18.4 Å². The zero-order valence-electron chi connectivity index (χ0n) is 17.2. The van der Waals surface area contributed by atoms with Crippen molar-refractivity contribution in [2.45, 2.75) is 50.9 Å². The number of rotatable bonds is 11. The smallest absolute Gasteiger partial charge is 0.426 e. The summed E-state index contributed by atoms with van der Waals surface area (Å²) in [6, 6.07) is 9.78. The van der Waals surface area contributed by atoms with Gasteiger partial charge in [0.2, 0.25) is 11.8 Å². The van der Waals surface area contributed by atoms with Crippen LogP contribution in [0.15, 0.2) is 30.3 Å². The fourth-order valence-electron chi connectivity index (χ4n) is 3.82. The molecule has 1 saturated carbocycles. The molecule has 1 atom stereocenters. The first-order chi connectivity index (χ1) is 14.3. The number of hydrogen-bond donors (Lipinski definition) is 7. The van der Waals surface area contributed by atoms with Crippen LogP contribution < -0.4 is 21.7 Å². The molecule has 0 saturated heterocycles. The van der Waals surface area contributed by atoms with E-state index in [1.54, 1.807) is 0 Å². The number of carbonyl (C=O) groups excluding carboxylic acids is 2. The molecule has 0 heterocycles. The Balaban J connectivity index is 1.93. The minimum Gasteiger partial charge on any atom is -0.426 e. The first-order valence-electron chi connectivity index (χ1n) is 10.4. The predicted octanol–water partition coefficient (Wildman–Crippen LogP) is -0.334. The Kier molecular flexibility index (Phi) is 9.13. The first kappa shape index (κ1) is 23.7. The van der Waals surface area contributed by atoms with Crippen LogP contribution in [-0.4, -0.2) is 54.0 Å². The van der Waals surface area contributed by atoms with Crippen molar-refractivity contribution in [1.82, 2.24) is 16.0 Å². The van der Waals surface area contributed by atoms with Crippen LogP contribution in [0.5, 0.6) is 0 Å². The third-order valence-corrected chi connectivity index (χ3v) is 5.55. The highest BCUT2D eigenvalue weighted by Gasteiger charge is 2.48. The number of nitrogens with two attached hydrogens (primary N) is 1. The molecule has 8 N–H and O–H groups in total. The molecular weight excluding hydrogens is 385 g/mol. The second-order valence-electron chi connectivity index (χ2n) is 7.76. The van der Waals surface area contributed by atoms with Gasteiger partial charge in [0.25, 0.3) is 0 Å². The third kappa shape index (κ3) is 6.74. The first-order valence-corrected chi connectivity index (χ1v) is 10.4. The second-order valence-corrected chi connectivity index (χ2v) is 7.76. The van der Waals surface area contributed by atoms with Crippen LogP contribution in [-0.2, 0) is 16.0 Å². The molecule has 0 spiro atoms. The minimum absolute atomic E-state index is 0.169. The fourth-order valence-corrected chi connectivity index (χ4v) is 3.82. The van der Waals surface area contributed by atoms with Crippen molar-refractivity contribution in [3.05, 3.63) is 35.9 Å². The molecule has 1 fully saturated rings. The number of guanidine groups is 1. The van der Waals surface area contributed by atoms with E-state index in [0.29, 0.717) is 38.8 Å². The lowest BCUT2D eigenvalue weighted by atomic mass is 9.75. The van der Waals surface area contributed by atoms with Gasteiger partial charge in [-0.3, -0.25) is 15.0 Å². The second kappa shape index (κ2) is 11.6. The van der Waals surface area contributed by atoms with Crippen LogP contribution in [0.2, 0.25) is 0 Å². The van der Waals surface area contributed by atoms with Crippen molar-refractivity contribution >= 4 is 24.9 Å². The molecule has 0 bridgehead atoms. The molecule has 9 nitrogen and oxygen atoms in total. The fraction of sp³-hybridized carbons (Fsp3) is 0.550. The molecule has 1 unspecified atom stereocenters. The average molecular weight is 417 g/mol. The number of amides is 2. The van der Waals surface area contributed by atoms with Gasteiger partial charge in [0, 0.05) is 13.1 Å². The van der Waals surface area contributed by atoms with Crippen molar-refractivity contribution in [1.29, 1.82) is 5.41 Å². The summed E-state index contributed by atoms with van der Waals surface area (Å²) in [5.41, 5.74) is 5.14. The molecule has 30 heavy (non-hydrogen) atoms. The molecule has 1 aliphatic carbocycles. The summed E-state index contributed by atoms with van der Waals surface area (Å²) in [7, 11) is -1.74. The standard InChI is InChI=1S/C20H32BN5O4/c22-19(23)25-13-6-9-16(21(29)30)26-18(28)20(11-4-5-12-20)17(27)24-14-10-15-7-2-1-3-8-15/h1-3,7-8,16,29-30H,4-6,9-14H2,(H,24,27)(H,26,28)(H4,22,23,25). The van der Waals surface area contributed by atoms with Crippen molar-refractivity contribution in [3.8, 4) is 0 Å². The highest BCUT2D eigenvalue weighted by Crippen LogP contribution is 2.38. The van der Waals surface area contributed by atoms with Crippen molar-refractivity contribution < 1.29 is 19.6 Å². The molecule has 1 aromatic carbocycles. The van der Waals surface area contributed by atoms with E-state index in [9.17, 15) is 19.6 Å². The molecule has 0 aliphatic heterocycles. The molecular formula is C20H32BN5O4. The van der Waals surface area contributed by atoms with Gasteiger partial charge in [-0.1, -0.05) is 43.2 Å². The van der Waals surface area contributed by atoms with Crippen LogP contribution in [0, 0.1) is 10.8 Å². The Morgan fingerprint density at radius 1 is 1.10 bits per heavy atom. The predicted molar refractivity (Wildman–Crippen MR) is 115 cm³/mol. The van der Waals surface area contributed by atoms with Crippen molar-refractivity contribution in [3.63, 3.8) is 0 Å². The van der Waals surface area contributed by atoms with Crippen LogP contribution in [0.3, 0.4) is 0 Å². The van der Waals surface area contributed by atoms with Gasteiger partial charge in [-0.05, 0) is 37.7 Å². The van der Waals surface area contributed by atoms with Gasteiger partial charge in [-0.25, -0.2) is 0 Å². The Bertz CT molecular complexity index is 710. The van der Waals surface area contributed by atoms with E-state index in [4.69, 9.17) is 11.1 Å². The number of benzene rings is 1. The van der Waals surface area contributed by atoms with Crippen LogP contribution in [0.25, 0.3) is 0 Å². The molecule has 2 rings (SSSR count). The summed E-state index contributed by atoms with van der Waals surface area (Å²) < 4.78 is 0. The zero-order valence-corrected chi connectivity index (χ0v) is 17.2. The number of hydrogen-bond acceptors (Lipinski definition) is 5. The van der Waals surface area contributed by atoms with E-state index >= 15 is 0 Å². The largest absolute Gasteiger partial charge is 0.475 e. The Hall–Kier alpha value is -2.59. The lowest BCUT2D eigenvalue weighted by molar-refractivity contribution is -0.143. The summed E-state index contributed by atoms with van der Waals surface area (Å²) in [6.07, 6.45) is 3.84. The van der Waals surface area contributed by atoms with Gasteiger partial charge in [0.05, 0.1) is 5.94 Å². The Morgan fingerprint density at radius 3 is 2.37 bits per heavy atom. The maximum atomic E-state index is 13.0. The van der Waals surface area contributed by atoms with Gasteiger partial charge in [0.15, 0.2) is 5.96 Å². The van der Waals surface area contributed by atoms with Gasteiger partial charge in [-0.15, -0.1) is 0 Å². The molecule has 1 aromatic rings. The van der Waals surface area contributed by atoms with Gasteiger partial charge in [-0.2, -0.15) is 0 Å². The Morgan fingerprint density at radius 2 is 1.77 bits per heavy atom. The molecule has 10 heteroatoms. The van der Waals surface area contributed by atoms with E-state index in [2.05, 4.69) is 16.0 Å². The molecule has 164 valence electrons. The van der Waals surface area contributed by atoms with E-state index < -0.39 is 24.4 Å². The summed E-state index contributed by atoms with van der Waals surface area (Å²) in [4.78, 5) is 26.0. The van der Waals surface area contributed by atoms with Crippen molar-refractivity contribution in [2.24, 2.45) is 11.1 Å². The van der Waals surface area contributed by atoms with E-state index in [1.165, 1.54) is 0 Å². The number of carbonyl (C=O) groups is 2. The minimum atomic E-state index is -1.74. The van der Waals surface area contributed by atoms with Crippen LogP contribution in [0.1, 0.15) is 44.1 Å². The third-order valence-electron chi connectivity index (χ3n) is 5.55. The average Bonchev–Trinajstić information content (AvgIpc) is 3.22. The van der Waals surface area contributed by atoms with Crippen molar-refractivity contribution in [2.75, 3.05) is 13.1 Å². The molecule has 0 radical (unpaired) electrons. The maximum absolute atomic E-state index is 13.0. The van der Waals surface area contributed by atoms with E-state index in [1.807, 2.05) is 30.3 Å². The quantitative estimate of drug-likeness (QED) is 0.0858. The lowest BCUT2D eigenvalue weighted by Gasteiger charge is -2.29. The van der Waals surface area contributed by atoms with Gasteiger partial charge in [0.1, 0.15) is 5.41 Å². The topological polar surface area (TPSA) is 161 Å². The van der Waals surface area contributed by atoms with Gasteiger partial charge >= 0.3 is 7.12 Å². The highest BCUT2D eigenvalue weighted by atomic mass is 16.4. The molecule has 2 amide bonds. The van der Waals surface area contributed by atoms with Crippen LogP contribution >= 0.6 is 0 Å². The van der Waals surface area contributed by atoms with E-state index in [-0.39, 0.29) is 18.3 Å². The lowest BCUT2D eigenvalue weighted by Crippen LogP contribution is -2.56. The SMILES string of the molecule is N=C(N)NCCCC(NC(=O)C1(C(=O)NCCc2ccccc2)CCCC1)B(O)O. The molecule has 1 aliphatic rings. The zero-order chi connectivity index (χ0) is 22.0. The normalized spacial score (nSPS) is 15.8.